The van der Waals surface area contributed by atoms with Gasteiger partial charge in [-0.15, -0.1) is 0 Å². The molecule has 4 rings (SSSR count). The molecule has 0 unspecified atom stereocenters. The Morgan fingerprint density at radius 1 is 0.913 bits per heavy atom. The van der Waals surface area contributed by atoms with E-state index in [1.165, 1.54) is 0 Å². The maximum atomic E-state index is 6.19. The lowest BCUT2D eigenvalue weighted by atomic mass is 10.2. The Labute approximate surface area is 137 Å². The van der Waals surface area contributed by atoms with E-state index in [0.29, 0.717) is 16.7 Å². The van der Waals surface area contributed by atoms with Gasteiger partial charge in [0.05, 0.1) is 22.5 Å². The highest BCUT2D eigenvalue weighted by atomic mass is 35.5. The van der Waals surface area contributed by atoms with Crippen molar-refractivity contribution >= 4 is 11.6 Å². The topological polar surface area (TPSA) is 56.7 Å². The van der Waals surface area contributed by atoms with Gasteiger partial charge in [-0.2, -0.15) is 10.1 Å². The molecule has 0 amide bonds. The van der Waals surface area contributed by atoms with E-state index >= 15 is 0 Å². The zero-order valence-electron chi connectivity index (χ0n) is 11.9. The fourth-order valence-electron chi connectivity index (χ4n) is 2.25. The lowest BCUT2D eigenvalue weighted by Crippen LogP contribution is -1.94. The Morgan fingerprint density at radius 2 is 1.70 bits per heavy atom. The summed E-state index contributed by atoms with van der Waals surface area (Å²) >= 11 is 6.19. The SMILES string of the molecule is Clc1ccccc1-n1cc(-c2nc(-c3ccccc3)no2)cn1. The molecule has 5 nitrogen and oxygen atoms in total. The van der Waals surface area contributed by atoms with E-state index in [1.807, 2.05) is 60.8 Å². The second-order valence-electron chi connectivity index (χ2n) is 4.91. The van der Waals surface area contributed by atoms with Crippen molar-refractivity contribution < 1.29 is 4.52 Å². The van der Waals surface area contributed by atoms with Crippen molar-refractivity contribution in [2.75, 3.05) is 0 Å². The van der Waals surface area contributed by atoms with Gasteiger partial charge in [0, 0.05) is 11.8 Å². The summed E-state index contributed by atoms with van der Waals surface area (Å²) in [6.07, 6.45) is 3.48. The molecule has 0 spiro atoms. The van der Waals surface area contributed by atoms with Gasteiger partial charge in [-0.3, -0.25) is 0 Å². The predicted molar refractivity (Wildman–Crippen MR) is 87.3 cm³/mol. The Kier molecular flexibility index (Phi) is 3.40. The third kappa shape index (κ3) is 2.62. The first-order valence-corrected chi connectivity index (χ1v) is 7.38. The van der Waals surface area contributed by atoms with Crippen LogP contribution in [0.25, 0.3) is 28.5 Å². The van der Waals surface area contributed by atoms with Crippen molar-refractivity contribution in [3.05, 3.63) is 72.0 Å². The summed E-state index contributed by atoms with van der Waals surface area (Å²) in [5.74, 6) is 0.966. The molecule has 0 saturated heterocycles. The molecule has 2 aromatic heterocycles. The van der Waals surface area contributed by atoms with Gasteiger partial charge in [-0.25, -0.2) is 4.68 Å². The van der Waals surface area contributed by atoms with E-state index in [2.05, 4.69) is 15.2 Å². The Balaban J connectivity index is 1.68. The minimum absolute atomic E-state index is 0.419. The molecule has 0 N–H and O–H groups in total. The fourth-order valence-corrected chi connectivity index (χ4v) is 2.47. The summed E-state index contributed by atoms with van der Waals surface area (Å²) in [6.45, 7) is 0. The minimum Gasteiger partial charge on any atom is -0.333 e. The van der Waals surface area contributed by atoms with Crippen molar-refractivity contribution in [1.82, 2.24) is 19.9 Å². The normalized spacial score (nSPS) is 10.8. The lowest BCUT2D eigenvalue weighted by Gasteiger charge is -2.02. The van der Waals surface area contributed by atoms with Crippen molar-refractivity contribution in [3.63, 3.8) is 0 Å². The molecule has 0 radical (unpaired) electrons. The second kappa shape index (κ2) is 5.70. The number of rotatable bonds is 3. The van der Waals surface area contributed by atoms with Crippen LogP contribution in [0.4, 0.5) is 0 Å². The molecule has 0 fully saturated rings. The maximum absolute atomic E-state index is 6.19. The largest absolute Gasteiger partial charge is 0.333 e. The molecular formula is C17H11ClN4O. The van der Waals surface area contributed by atoms with Crippen molar-refractivity contribution in [1.29, 1.82) is 0 Å². The fraction of sp³-hybridized carbons (Fsp3) is 0. The molecular weight excluding hydrogens is 312 g/mol. The van der Waals surface area contributed by atoms with Gasteiger partial charge in [0.1, 0.15) is 0 Å². The molecule has 4 aromatic rings. The third-order valence-electron chi connectivity index (χ3n) is 3.39. The molecule has 0 bridgehead atoms. The smallest absolute Gasteiger partial charge is 0.261 e. The highest BCUT2D eigenvalue weighted by molar-refractivity contribution is 6.32. The first-order valence-electron chi connectivity index (χ1n) is 7.00. The van der Waals surface area contributed by atoms with Crippen LogP contribution in [0.15, 0.2) is 71.5 Å². The van der Waals surface area contributed by atoms with Crippen LogP contribution in [-0.4, -0.2) is 19.9 Å². The molecule has 23 heavy (non-hydrogen) atoms. The van der Waals surface area contributed by atoms with Gasteiger partial charge in [0.2, 0.25) is 5.82 Å². The first-order chi connectivity index (χ1) is 11.3. The summed E-state index contributed by atoms with van der Waals surface area (Å²) < 4.78 is 7.02. The highest BCUT2D eigenvalue weighted by Gasteiger charge is 2.13. The van der Waals surface area contributed by atoms with Crippen LogP contribution >= 0.6 is 11.6 Å². The number of nitrogens with zero attached hydrogens (tertiary/aromatic N) is 4. The lowest BCUT2D eigenvalue weighted by molar-refractivity contribution is 0.432. The maximum Gasteiger partial charge on any atom is 0.261 e. The summed E-state index contributed by atoms with van der Waals surface area (Å²) in [4.78, 5) is 4.42. The van der Waals surface area contributed by atoms with Gasteiger partial charge in [-0.1, -0.05) is 59.2 Å². The van der Waals surface area contributed by atoms with Crippen LogP contribution in [-0.2, 0) is 0 Å². The summed E-state index contributed by atoms with van der Waals surface area (Å²) in [5.41, 5.74) is 2.43. The molecule has 0 aliphatic carbocycles. The van der Waals surface area contributed by atoms with Crippen LogP contribution in [0.3, 0.4) is 0 Å². The first kappa shape index (κ1) is 13.7. The number of aromatic nitrogens is 4. The van der Waals surface area contributed by atoms with E-state index in [4.69, 9.17) is 16.1 Å². The van der Waals surface area contributed by atoms with Crippen molar-refractivity contribution in [2.45, 2.75) is 0 Å². The molecule has 6 heteroatoms. The number of hydrogen-bond acceptors (Lipinski definition) is 4. The summed E-state index contributed by atoms with van der Waals surface area (Å²) in [6, 6.07) is 17.2. The van der Waals surface area contributed by atoms with Crippen LogP contribution in [0, 0.1) is 0 Å². The number of benzene rings is 2. The standard InChI is InChI=1S/C17H11ClN4O/c18-14-8-4-5-9-15(14)22-11-13(10-19-22)17-20-16(21-23-17)12-6-2-1-3-7-12/h1-11H. The van der Waals surface area contributed by atoms with Crippen LogP contribution in [0.5, 0.6) is 0 Å². The van der Waals surface area contributed by atoms with E-state index in [9.17, 15) is 0 Å². The molecule has 0 aliphatic rings. The average molecular weight is 323 g/mol. The van der Waals surface area contributed by atoms with E-state index in [0.717, 1.165) is 16.8 Å². The Hall–Kier alpha value is -2.92. The van der Waals surface area contributed by atoms with Gasteiger partial charge < -0.3 is 4.52 Å². The zero-order valence-corrected chi connectivity index (χ0v) is 12.7. The summed E-state index contributed by atoms with van der Waals surface area (Å²) in [5, 5.41) is 8.95. The van der Waals surface area contributed by atoms with Gasteiger partial charge >= 0.3 is 0 Å². The number of para-hydroxylation sites is 1. The Bertz CT molecular complexity index is 946. The van der Waals surface area contributed by atoms with Crippen LogP contribution in [0.2, 0.25) is 5.02 Å². The molecule has 0 aliphatic heterocycles. The van der Waals surface area contributed by atoms with Crippen LogP contribution < -0.4 is 0 Å². The second-order valence-corrected chi connectivity index (χ2v) is 5.32. The van der Waals surface area contributed by atoms with Gasteiger partial charge in [-0.05, 0) is 12.1 Å². The minimum atomic E-state index is 0.419. The monoisotopic (exact) mass is 322 g/mol. The molecule has 0 atom stereocenters. The van der Waals surface area contributed by atoms with Gasteiger partial charge in [0.25, 0.3) is 5.89 Å². The number of hydrogen-bond donors (Lipinski definition) is 0. The van der Waals surface area contributed by atoms with Gasteiger partial charge in [0.15, 0.2) is 0 Å². The van der Waals surface area contributed by atoms with Crippen molar-refractivity contribution in [2.24, 2.45) is 0 Å². The molecule has 2 aromatic carbocycles. The molecule has 0 saturated carbocycles. The summed E-state index contributed by atoms with van der Waals surface area (Å²) in [7, 11) is 0. The Morgan fingerprint density at radius 3 is 2.52 bits per heavy atom. The zero-order chi connectivity index (χ0) is 15.6. The third-order valence-corrected chi connectivity index (χ3v) is 3.71. The number of halogens is 1. The quantitative estimate of drug-likeness (QED) is 0.566. The van der Waals surface area contributed by atoms with Crippen molar-refractivity contribution in [3.8, 4) is 28.5 Å². The molecule has 2 heterocycles. The van der Waals surface area contributed by atoms with E-state index in [-0.39, 0.29) is 0 Å². The molecule has 112 valence electrons. The average Bonchev–Trinajstić information content (AvgIpc) is 3.25. The van der Waals surface area contributed by atoms with Crippen LogP contribution in [0.1, 0.15) is 0 Å². The highest BCUT2D eigenvalue weighted by Crippen LogP contribution is 2.24. The van der Waals surface area contributed by atoms with E-state index < -0.39 is 0 Å². The predicted octanol–water partition coefficient (Wildman–Crippen LogP) is 4.24. The van der Waals surface area contributed by atoms with E-state index in [1.54, 1.807) is 10.9 Å².